The van der Waals surface area contributed by atoms with Crippen LogP contribution in [0.4, 0.5) is 10.1 Å². The van der Waals surface area contributed by atoms with E-state index >= 15 is 0 Å². The fourth-order valence-corrected chi connectivity index (χ4v) is 3.33. The van der Waals surface area contributed by atoms with E-state index in [9.17, 15) is 4.39 Å². The monoisotopic (exact) mass is 357 g/mol. The summed E-state index contributed by atoms with van der Waals surface area (Å²) in [6.07, 6.45) is 1.07. The minimum absolute atomic E-state index is 0.192. The molecule has 3 rings (SSSR count). The van der Waals surface area contributed by atoms with Gasteiger partial charge >= 0.3 is 0 Å². The van der Waals surface area contributed by atoms with Crippen LogP contribution >= 0.6 is 12.2 Å². The molecule has 1 aliphatic heterocycles. The molecular formula is C20H24FN3S. The summed E-state index contributed by atoms with van der Waals surface area (Å²) in [5, 5.41) is 4.16. The molecule has 0 aliphatic carbocycles. The molecule has 132 valence electrons. The molecule has 1 N–H and O–H groups in total. The second kappa shape index (κ2) is 7.93. The van der Waals surface area contributed by atoms with Gasteiger partial charge in [-0.1, -0.05) is 24.3 Å². The Morgan fingerprint density at radius 2 is 1.88 bits per heavy atom. The van der Waals surface area contributed by atoms with Crippen molar-refractivity contribution >= 4 is 23.0 Å². The van der Waals surface area contributed by atoms with Gasteiger partial charge in [-0.15, -0.1) is 0 Å². The Hall–Kier alpha value is -1.98. The van der Waals surface area contributed by atoms with E-state index in [1.165, 1.54) is 23.3 Å². The molecule has 0 saturated carbocycles. The summed E-state index contributed by atoms with van der Waals surface area (Å²) in [4.78, 5) is 4.54. The van der Waals surface area contributed by atoms with Crippen molar-refractivity contribution in [1.29, 1.82) is 0 Å². The highest BCUT2D eigenvalue weighted by atomic mass is 32.1. The number of aryl methyl sites for hydroxylation is 2. The van der Waals surface area contributed by atoms with Crippen LogP contribution in [0.15, 0.2) is 42.5 Å². The molecule has 1 aliphatic rings. The molecule has 0 amide bonds. The van der Waals surface area contributed by atoms with Crippen LogP contribution in [0.2, 0.25) is 0 Å². The summed E-state index contributed by atoms with van der Waals surface area (Å²) in [7, 11) is 0. The van der Waals surface area contributed by atoms with Gasteiger partial charge in [0, 0.05) is 25.3 Å². The molecule has 0 radical (unpaired) electrons. The summed E-state index contributed by atoms with van der Waals surface area (Å²) < 4.78 is 13.1. The number of thiocarbonyl (C=S) groups is 1. The van der Waals surface area contributed by atoms with Gasteiger partial charge in [-0.25, -0.2) is 4.39 Å². The maximum atomic E-state index is 13.1. The third kappa shape index (κ3) is 4.77. The molecule has 1 heterocycles. The van der Waals surface area contributed by atoms with Crippen molar-refractivity contribution < 1.29 is 4.39 Å². The van der Waals surface area contributed by atoms with E-state index in [0.717, 1.165) is 49.1 Å². The molecule has 0 unspecified atom stereocenters. The van der Waals surface area contributed by atoms with Gasteiger partial charge in [0.1, 0.15) is 5.82 Å². The highest BCUT2D eigenvalue weighted by Crippen LogP contribution is 2.18. The van der Waals surface area contributed by atoms with Crippen LogP contribution in [0, 0.1) is 19.7 Å². The van der Waals surface area contributed by atoms with Crippen molar-refractivity contribution in [1.82, 2.24) is 9.80 Å². The quantitative estimate of drug-likeness (QED) is 0.825. The summed E-state index contributed by atoms with van der Waals surface area (Å²) in [5.41, 5.74) is 4.60. The zero-order valence-electron chi connectivity index (χ0n) is 14.8. The zero-order chi connectivity index (χ0) is 17.8. The predicted octanol–water partition coefficient (Wildman–Crippen LogP) is 4.30. The number of halogens is 1. The summed E-state index contributed by atoms with van der Waals surface area (Å²) in [6, 6.07) is 13.1. The Morgan fingerprint density at radius 3 is 2.64 bits per heavy atom. The highest BCUT2D eigenvalue weighted by molar-refractivity contribution is 7.80. The lowest BCUT2D eigenvalue weighted by Crippen LogP contribution is -2.48. The van der Waals surface area contributed by atoms with E-state index in [2.05, 4.69) is 47.2 Å². The Balaban J connectivity index is 1.61. The number of nitrogens with one attached hydrogen (secondary N) is 1. The van der Waals surface area contributed by atoms with Crippen LogP contribution < -0.4 is 5.32 Å². The number of nitrogens with zero attached hydrogens (tertiary/aromatic N) is 2. The third-order valence-electron chi connectivity index (χ3n) is 4.51. The number of rotatable bonds is 3. The van der Waals surface area contributed by atoms with Crippen LogP contribution in [0.1, 0.15) is 23.1 Å². The van der Waals surface area contributed by atoms with Crippen molar-refractivity contribution in [2.75, 3.05) is 25.1 Å². The van der Waals surface area contributed by atoms with Crippen LogP contribution in [-0.4, -0.2) is 34.7 Å². The second-order valence-electron chi connectivity index (χ2n) is 6.69. The lowest BCUT2D eigenvalue weighted by atomic mass is 10.1. The molecule has 0 atom stereocenters. The van der Waals surface area contributed by atoms with Crippen LogP contribution in [-0.2, 0) is 6.54 Å². The van der Waals surface area contributed by atoms with Crippen LogP contribution in [0.5, 0.6) is 0 Å². The summed E-state index contributed by atoms with van der Waals surface area (Å²) in [6.45, 7) is 7.74. The number of hydrogen-bond acceptors (Lipinski definition) is 2. The number of hydrogen-bond donors (Lipinski definition) is 1. The topological polar surface area (TPSA) is 18.5 Å². The standard InChI is InChI=1S/C20H24FN3S/c1-15-4-5-16(2)19(12-15)22-20(25)24-11-3-10-23(14-24)13-17-6-8-18(21)9-7-17/h4-9,12H,3,10-11,13-14H2,1-2H3,(H,22,25). The lowest BCUT2D eigenvalue weighted by Gasteiger charge is -2.37. The molecule has 0 aromatic heterocycles. The van der Waals surface area contributed by atoms with Gasteiger partial charge < -0.3 is 10.2 Å². The van der Waals surface area contributed by atoms with Gasteiger partial charge in [0.2, 0.25) is 0 Å². The Kier molecular flexibility index (Phi) is 5.66. The average Bonchev–Trinajstić information content (AvgIpc) is 2.60. The Bertz CT molecular complexity index is 745. The van der Waals surface area contributed by atoms with E-state index in [0.29, 0.717) is 0 Å². The van der Waals surface area contributed by atoms with Gasteiger partial charge in [0.15, 0.2) is 5.11 Å². The SMILES string of the molecule is Cc1ccc(C)c(NC(=S)N2CCCN(Cc3ccc(F)cc3)C2)c1. The maximum absolute atomic E-state index is 13.1. The molecular weight excluding hydrogens is 333 g/mol. The second-order valence-corrected chi connectivity index (χ2v) is 7.07. The van der Waals surface area contributed by atoms with Crippen molar-refractivity contribution in [2.24, 2.45) is 0 Å². The third-order valence-corrected chi connectivity index (χ3v) is 4.87. The molecule has 2 aromatic carbocycles. The van der Waals surface area contributed by atoms with E-state index in [-0.39, 0.29) is 5.82 Å². The zero-order valence-corrected chi connectivity index (χ0v) is 15.6. The Labute approximate surface area is 154 Å². The highest BCUT2D eigenvalue weighted by Gasteiger charge is 2.20. The summed E-state index contributed by atoms with van der Waals surface area (Å²) >= 11 is 5.63. The first kappa shape index (κ1) is 17.8. The molecule has 0 spiro atoms. The van der Waals surface area contributed by atoms with Crippen molar-refractivity contribution in [3.8, 4) is 0 Å². The van der Waals surface area contributed by atoms with Crippen LogP contribution in [0.25, 0.3) is 0 Å². The minimum Gasteiger partial charge on any atom is -0.336 e. The largest absolute Gasteiger partial charge is 0.336 e. The van der Waals surface area contributed by atoms with Gasteiger partial charge in [-0.3, -0.25) is 4.90 Å². The molecule has 3 nitrogen and oxygen atoms in total. The fourth-order valence-electron chi connectivity index (χ4n) is 3.08. The van der Waals surface area contributed by atoms with Gasteiger partial charge in [0.05, 0.1) is 6.67 Å². The smallest absolute Gasteiger partial charge is 0.174 e. The first-order chi connectivity index (χ1) is 12.0. The molecule has 5 heteroatoms. The molecule has 25 heavy (non-hydrogen) atoms. The van der Waals surface area contributed by atoms with Crippen molar-refractivity contribution in [2.45, 2.75) is 26.8 Å². The molecule has 0 bridgehead atoms. The van der Waals surface area contributed by atoms with E-state index in [1.807, 2.05) is 12.1 Å². The average molecular weight is 357 g/mol. The lowest BCUT2D eigenvalue weighted by molar-refractivity contribution is 0.134. The number of anilines is 1. The van der Waals surface area contributed by atoms with Gasteiger partial charge in [-0.2, -0.15) is 0 Å². The maximum Gasteiger partial charge on any atom is 0.174 e. The minimum atomic E-state index is -0.192. The van der Waals surface area contributed by atoms with Crippen molar-refractivity contribution in [3.05, 3.63) is 65.0 Å². The number of benzene rings is 2. The van der Waals surface area contributed by atoms with E-state index < -0.39 is 0 Å². The van der Waals surface area contributed by atoms with E-state index in [4.69, 9.17) is 12.2 Å². The normalized spacial score (nSPS) is 15.2. The first-order valence-electron chi connectivity index (χ1n) is 8.61. The van der Waals surface area contributed by atoms with Gasteiger partial charge in [0.25, 0.3) is 0 Å². The fraction of sp³-hybridized carbons (Fsp3) is 0.350. The summed E-state index contributed by atoms with van der Waals surface area (Å²) in [5.74, 6) is -0.192. The van der Waals surface area contributed by atoms with Crippen LogP contribution in [0.3, 0.4) is 0 Å². The van der Waals surface area contributed by atoms with Gasteiger partial charge in [-0.05, 0) is 67.4 Å². The first-order valence-corrected chi connectivity index (χ1v) is 9.02. The molecule has 1 saturated heterocycles. The van der Waals surface area contributed by atoms with E-state index in [1.54, 1.807) is 0 Å². The molecule has 1 fully saturated rings. The Morgan fingerprint density at radius 1 is 1.12 bits per heavy atom. The molecule has 2 aromatic rings. The van der Waals surface area contributed by atoms with Crippen molar-refractivity contribution in [3.63, 3.8) is 0 Å². The predicted molar refractivity (Wildman–Crippen MR) is 105 cm³/mol.